The predicted octanol–water partition coefficient (Wildman–Crippen LogP) is 3.72. The van der Waals surface area contributed by atoms with E-state index in [1.807, 2.05) is 0 Å². The molecule has 4 rings (SSSR count). The molecule has 0 radical (unpaired) electrons. The van der Waals surface area contributed by atoms with Crippen molar-refractivity contribution in [1.82, 2.24) is 5.32 Å². The molecule has 2 aliphatic carbocycles. The lowest BCUT2D eigenvalue weighted by Crippen LogP contribution is -2.35. The SMILES string of the molecule is CNC(=O)[C@@H]1[C@@H]2CC[C@H](C2)[C@H]1c1ccc2ccccc2c1. The zero-order chi connectivity index (χ0) is 14.4. The highest BCUT2D eigenvalue weighted by Gasteiger charge is 2.50. The van der Waals surface area contributed by atoms with Crippen LogP contribution in [0.1, 0.15) is 30.7 Å². The molecule has 0 unspecified atom stereocenters. The third-order valence-corrected chi connectivity index (χ3v) is 5.62. The fourth-order valence-corrected chi connectivity index (χ4v) is 4.73. The van der Waals surface area contributed by atoms with Crippen LogP contribution >= 0.6 is 0 Å². The van der Waals surface area contributed by atoms with E-state index in [0.717, 1.165) is 0 Å². The number of carbonyl (C=O) groups excluding carboxylic acids is 1. The quantitative estimate of drug-likeness (QED) is 0.892. The number of carbonyl (C=O) groups is 1. The molecule has 2 aromatic carbocycles. The van der Waals surface area contributed by atoms with Gasteiger partial charge in [-0.05, 0) is 53.4 Å². The second kappa shape index (κ2) is 4.87. The Morgan fingerprint density at radius 2 is 1.81 bits per heavy atom. The largest absolute Gasteiger partial charge is 0.359 e. The third-order valence-electron chi connectivity index (χ3n) is 5.62. The van der Waals surface area contributed by atoms with Crippen LogP contribution in [0.5, 0.6) is 0 Å². The zero-order valence-electron chi connectivity index (χ0n) is 12.4. The van der Waals surface area contributed by atoms with Crippen LogP contribution in [0.3, 0.4) is 0 Å². The molecule has 2 nitrogen and oxygen atoms in total. The molecule has 0 aliphatic heterocycles. The molecule has 4 atom stereocenters. The number of benzene rings is 2. The highest BCUT2D eigenvalue weighted by atomic mass is 16.1. The van der Waals surface area contributed by atoms with Gasteiger partial charge in [0, 0.05) is 13.0 Å². The van der Waals surface area contributed by atoms with Crippen LogP contribution in [0.15, 0.2) is 42.5 Å². The van der Waals surface area contributed by atoms with E-state index in [9.17, 15) is 4.79 Å². The maximum absolute atomic E-state index is 12.3. The second-order valence-corrected chi connectivity index (χ2v) is 6.61. The summed E-state index contributed by atoms with van der Waals surface area (Å²) in [5.74, 6) is 2.11. The lowest BCUT2D eigenvalue weighted by atomic mass is 9.74. The molecule has 1 N–H and O–H groups in total. The number of amides is 1. The number of hydrogen-bond acceptors (Lipinski definition) is 1. The first-order valence-electron chi connectivity index (χ1n) is 7.98. The Morgan fingerprint density at radius 3 is 2.62 bits per heavy atom. The maximum atomic E-state index is 12.3. The summed E-state index contributed by atoms with van der Waals surface area (Å²) < 4.78 is 0. The monoisotopic (exact) mass is 279 g/mol. The second-order valence-electron chi connectivity index (χ2n) is 6.61. The molecular formula is C19H21NO. The molecule has 2 aliphatic rings. The van der Waals surface area contributed by atoms with E-state index in [-0.39, 0.29) is 11.8 Å². The highest BCUT2D eigenvalue weighted by molar-refractivity contribution is 5.84. The van der Waals surface area contributed by atoms with Crippen LogP contribution in [-0.2, 0) is 4.79 Å². The van der Waals surface area contributed by atoms with Crippen LogP contribution in [0.25, 0.3) is 10.8 Å². The lowest BCUT2D eigenvalue weighted by molar-refractivity contribution is -0.126. The fraction of sp³-hybridized carbons (Fsp3) is 0.421. The van der Waals surface area contributed by atoms with Crippen molar-refractivity contribution < 1.29 is 4.79 Å². The molecule has 0 heterocycles. The van der Waals surface area contributed by atoms with Gasteiger partial charge in [0.25, 0.3) is 0 Å². The molecule has 1 amide bonds. The molecule has 0 spiro atoms. The van der Waals surface area contributed by atoms with Gasteiger partial charge >= 0.3 is 0 Å². The average molecular weight is 279 g/mol. The number of rotatable bonds is 2. The van der Waals surface area contributed by atoms with Gasteiger partial charge in [0.2, 0.25) is 5.91 Å². The molecular weight excluding hydrogens is 258 g/mol. The van der Waals surface area contributed by atoms with E-state index in [1.54, 1.807) is 7.05 Å². The van der Waals surface area contributed by atoms with Gasteiger partial charge in [0.05, 0.1) is 0 Å². The normalized spacial score (nSPS) is 30.7. The molecule has 2 saturated carbocycles. The third kappa shape index (κ3) is 1.97. The summed E-state index contributed by atoms with van der Waals surface area (Å²) in [5.41, 5.74) is 1.36. The summed E-state index contributed by atoms with van der Waals surface area (Å²) in [4.78, 5) is 12.3. The van der Waals surface area contributed by atoms with Gasteiger partial charge < -0.3 is 5.32 Å². The summed E-state index contributed by atoms with van der Waals surface area (Å²) in [6.07, 6.45) is 3.75. The molecule has 2 aromatic rings. The van der Waals surface area contributed by atoms with E-state index in [1.165, 1.54) is 35.6 Å². The Morgan fingerprint density at radius 1 is 1.05 bits per heavy atom. The lowest BCUT2D eigenvalue weighted by Gasteiger charge is -2.30. The number of fused-ring (bicyclic) bond motifs is 3. The van der Waals surface area contributed by atoms with Crippen molar-refractivity contribution in [3.63, 3.8) is 0 Å². The minimum atomic E-state index is 0.176. The van der Waals surface area contributed by atoms with Crippen molar-refractivity contribution in [2.75, 3.05) is 7.05 Å². The van der Waals surface area contributed by atoms with E-state index in [0.29, 0.717) is 17.8 Å². The Balaban J connectivity index is 1.77. The standard InChI is InChI=1S/C19H21NO/c1-20-19(21)18-16-9-8-15(11-16)17(18)14-7-6-12-4-2-3-5-13(12)10-14/h2-7,10,15-18H,8-9,11H2,1H3,(H,20,21)/t15-,16-,17-,18-/m1/s1. The van der Waals surface area contributed by atoms with Crippen LogP contribution in [-0.4, -0.2) is 13.0 Å². The van der Waals surface area contributed by atoms with Gasteiger partial charge in [-0.25, -0.2) is 0 Å². The predicted molar refractivity (Wildman–Crippen MR) is 85.1 cm³/mol. The first-order chi connectivity index (χ1) is 10.3. The Bertz CT molecular complexity index is 693. The van der Waals surface area contributed by atoms with E-state index >= 15 is 0 Å². The first-order valence-corrected chi connectivity index (χ1v) is 7.98. The van der Waals surface area contributed by atoms with Gasteiger partial charge in [-0.1, -0.05) is 42.5 Å². The first kappa shape index (κ1) is 12.9. The maximum Gasteiger partial charge on any atom is 0.223 e. The van der Waals surface area contributed by atoms with Crippen molar-refractivity contribution in [2.24, 2.45) is 17.8 Å². The average Bonchev–Trinajstić information content (AvgIpc) is 3.14. The molecule has 0 saturated heterocycles. The van der Waals surface area contributed by atoms with Crippen molar-refractivity contribution in [3.8, 4) is 0 Å². The molecule has 2 fully saturated rings. The van der Waals surface area contributed by atoms with E-state index < -0.39 is 0 Å². The van der Waals surface area contributed by atoms with Crippen molar-refractivity contribution >= 4 is 16.7 Å². The van der Waals surface area contributed by atoms with Crippen LogP contribution in [0, 0.1) is 17.8 Å². The summed E-state index contributed by atoms with van der Waals surface area (Å²) in [6, 6.07) is 15.2. The fourth-order valence-electron chi connectivity index (χ4n) is 4.73. The topological polar surface area (TPSA) is 29.1 Å². The smallest absolute Gasteiger partial charge is 0.223 e. The van der Waals surface area contributed by atoms with Crippen molar-refractivity contribution in [1.29, 1.82) is 0 Å². The van der Waals surface area contributed by atoms with Crippen LogP contribution in [0.4, 0.5) is 0 Å². The minimum absolute atomic E-state index is 0.176. The molecule has 108 valence electrons. The molecule has 2 heteroatoms. The number of nitrogens with one attached hydrogen (secondary N) is 1. The van der Waals surface area contributed by atoms with Crippen molar-refractivity contribution in [2.45, 2.75) is 25.2 Å². The summed E-state index contributed by atoms with van der Waals surface area (Å²) in [5, 5.41) is 5.45. The van der Waals surface area contributed by atoms with Gasteiger partial charge in [-0.2, -0.15) is 0 Å². The van der Waals surface area contributed by atoms with E-state index in [4.69, 9.17) is 0 Å². The zero-order valence-corrected chi connectivity index (χ0v) is 12.4. The molecule has 0 aromatic heterocycles. The van der Waals surface area contributed by atoms with E-state index in [2.05, 4.69) is 47.8 Å². The van der Waals surface area contributed by atoms with Gasteiger partial charge in [-0.3, -0.25) is 4.79 Å². The number of hydrogen-bond donors (Lipinski definition) is 1. The van der Waals surface area contributed by atoms with Crippen LogP contribution < -0.4 is 5.32 Å². The van der Waals surface area contributed by atoms with Crippen LogP contribution in [0.2, 0.25) is 0 Å². The Hall–Kier alpha value is -1.83. The van der Waals surface area contributed by atoms with Gasteiger partial charge in [0.1, 0.15) is 0 Å². The summed E-state index contributed by atoms with van der Waals surface area (Å²) in [6.45, 7) is 0. The van der Waals surface area contributed by atoms with Gasteiger partial charge in [-0.15, -0.1) is 0 Å². The summed E-state index contributed by atoms with van der Waals surface area (Å²) >= 11 is 0. The van der Waals surface area contributed by atoms with Gasteiger partial charge in [0.15, 0.2) is 0 Å². The molecule has 2 bridgehead atoms. The van der Waals surface area contributed by atoms with Crippen molar-refractivity contribution in [3.05, 3.63) is 48.0 Å². The Kier molecular flexibility index (Phi) is 2.99. The minimum Gasteiger partial charge on any atom is -0.359 e. The molecule has 21 heavy (non-hydrogen) atoms. The highest BCUT2D eigenvalue weighted by Crippen LogP contribution is 2.56. The Labute approximate surface area is 125 Å². The summed E-state index contributed by atoms with van der Waals surface area (Å²) in [7, 11) is 1.77.